The Balaban J connectivity index is 1.24. The predicted octanol–water partition coefficient (Wildman–Crippen LogP) is 5.81. The van der Waals surface area contributed by atoms with Crippen molar-refractivity contribution < 1.29 is 17.9 Å². The van der Waals surface area contributed by atoms with E-state index in [-0.39, 0.29) is 11.8 Å². The number of alkyl halides is 3. The molecule has 1 saturated heterocycles. The van der Waals surface area contributed by atoms with Gasteiger partial charge in [0.15, 0.2) is 0 Å². The number of fused-ring (bicyclic) bond motifs is 1. The van der Waals surface area contributed by atoms with Crippen LogP contribution in [0.4, 0.5) is 19.1 Å². The Hall–Kier alpha value is -3.34. The molecule has 7 nitrogen and oxygen atoms in total. The molecule has 4 aromatic heterocycles. The first kappa shape index (κ1) is 24.4. The van der Waals surface area contributed by atoms with Crippen LogP contribution in [0.2, 0.25) is 0 Å². The summed E-state index contributed by atoms with van der Waals surface area (Å²) in [7, 11) is 0. The lowest BCUT2D eigenvalue weighted by atomic mass is 9.92. The number of hydrogen-bond acceptors (Lipinski definition) is 8. The quantitative estimate of drug-likeness (QED) is 0.321. The number of nitrogens with zero attached hydrogens (tertiary/aromatic N) is 6. The van der Waals surface area contributed by atoms with Crippen molar-refractivity contribution in [3.05, 3.63) is 54.0 Å². The van der Waals surface area contributed by atoms with Crippen molar-refractivity contribution in [3.63, 3.8) is 0 Å². The van der Waals surface area contributed by atoms with Crippen molar-refractivity contribution in [3.8, 4) is 16.6 Å². The van der Waals surface area contributed by atoms with Gasteiger partial charge in [-0.25, -0.2) is 24.9 Å². The maximum atomic E-state index is 13.0. The fourth-order valence-electron chi connectivity index (χ4n) is 4.24. The molecule has 1 aliphatic rings. The van der Waals surface area contributed by atoms with Gasteiger partial charge < -0.3 is 9.64 Å². The number of anilines is 1. The van der Waals surface area contributed by atoms with Crippen molar-refractivity contribution in [2.75, 3.05) is 18.0 Å². The second-order valence-electron chi connectivity index (χ2n) is 8.80. The number of aromatic nitrogens is 5. The van der Waals surface area contributed by atoms with Crippen molar-refractivity contribution in [1.29, 1.82) is 0 Å². The Kier molecular flexibility index (Phi) is 6.74. The summed E-state index contributed by atoms with van der Waals surface area (Å²) >= 11 is 1.28. The third-order valence-corrected chi connectivity index (χ3v) is 7.27. The van der Waals surface area contributed by atoms with Crippen LogP contribution in [0.5, 0.6) is 5.19 Å². The second-order valence-corrected chi connectivity index (χ2v) is 9.74. The molecule has 0 aromatic carbocycles. The molecule has 36 heavy (non-hydrogen) atoms. The number of piperidine rings is 1. The fourth-order valence-corrected chi connectivity index (χ4v) is 5.11. The minimum Gasteiger partial charge on any atom is -0.467 e. The fraction of sp³-hybridized carbons (Fsp3) is 0.400. The van der Waals surface area contributed by atoms with Gasteiger partial charge in [0.2, 0.25) is 5.95 Å². The Morgan fingerprint density at radius 2 is 1.75 bits per heavy atom. The number of pyridine rings is 2. The third-order valence-electron chi connectivity index (χ3n) is 6.41. The summed E-state index contributed by atoms with van der Waals surface area (Å²) in [6.07, 6.45) is 2.04. The summed E-state index contributed by atoms with van der Waals surface area (Å²) in [5, 5.41) is 0.500. The SMILES string of the molecule is CCc1cnc(N2CCC([C@H](C)Oc3nc4ccc(-c5cccc(C(F)(F)F)n5)nc4s3)CC2)nc1. The lowest BCUT2D eigenvalue weighted by molar-refractivity contribution is -0.141. The van der Waals surface area contributed by atoms with E-state index in [4.69, 9.17) is 4.74 Å². The molecule has 0 unspecified atom stereocenters. The van der Waals surface area contributed by atoms with E-state index in [1.54, 1.807) is 12.1 Å². The third kappa shape index (κ3) is 5.25. The van der Waals surface area contributed by atoms with Crippen LogP contribution in [0.1, 0.15) is 37.9 Å². The van der Waals surface area contributed by atoms with Crippen LogP contribution in [-0.4, -0.2) is 44.1 Å². The maximum absolute atomic E-state index is 13.0. The lowest BCUT2D eigenvalue weighted by Crippen LogP contribution is -2.39. The van der Waals surface area contributed by atoms with Gasteiger partial charge in [-0.15, -0.1) is 0 Å². The topological polar surface area (TPSA) is 76.9 Å². The Bertz CT molecular complexity index is 1340. The maximum Gasteiger partial charge on any atom is 0.433 e. The normalized spacial score (nSPS) is 15.9. The lowest BCUT2D eigenvalue weighted by Gasteiger charge is -2.34. The zero-order valence-corrected chi connectivity index (χ0v) is 20.7. The molecule has 1 fully saturated rings. The monoisotopic (exact) mass is 514 g/mol. The molecule has 188 valence electrons. The van der Waals surface area contributed by atoms with Crippen molar-refractivity contribution >= 4 is 27.6 Å². The molecular weight excluding hydrogens is 489 g/mol. The molecule has 0 spiro atoms. The zero-order valence-electron chi connectivity index (χ0n) is 19.9. The van der Waals surface area contributed by atoms with E-state index in [0.717, 1.165) is 49.9 Å². The average molecular weight is 515 g/mol. The van der Waals surface area contributed by atoms with Crippen LogP contribution in [0.15, 0.2) is 42.7 Å². The first-order chi connectivity index (χ1) is 17.3. The molecule has 11 heteroatoms. The first-order valence-electron chi connectivity index (χ1n) is 11.8. The molecule has 0 amide bonds. The minimum absolute atomic E-state index is 0.0410. The largest absolute Gasteiger partial charge is 0.467 e. The number of rotatable bonds is 6. The highest BCUT2D eigenvalue weighted by Crippen LogP contribution is 2.33. The summed E-state index contributed by atoms with van der Waals surface area (Å²) in [6, 6.07) is 7.15. The van der Waals surface area contributed by atoms with E-state index in [0.29, 0.717) is 27.2 Å². The summed E-state index contributed by atoms with van der Waals surface area (Å²) in [5.74, 6) is 1.13. The molecule has 0 bridgehead atoms. The van der Waals surface area contributed by atoms with Crippen LogP contribution in [0, 0.1) is 5.92 Å². The van der Waals surface area contributed by atoms with Crippen molar-refractivity contribution in [2.24, 2.45) is 5.92 Å². The second kappa shape index (κ2) is 9.96. The predicted molar refractivity (Wildman–Crippen MR) is 132 cm³/mol. The Morgan fingerprint density at radius 1 is 1.03 bits per heavy atom. The van der Waals surface area contributed by atoms with Crippen molar-refractivity contribution in [2.45, 2.75) is 45.4 Å². The van der Waals surface area contributed by atoms with E-state index in [2.05, 4.69) is 36.7 Å². The summed E-state index contributed by atoms with van der Waals surface area (Å²) in [5.41, 5.74) is 1.34. The summed E-state index contributed by atoms with van der Waals surface area (Å²) < 4.78 is 45.3. The Labute approximate surface area is 210 Å². The van der Waals surface area contributed by atoms with Gasteiger partial charge in [0.05, 0.1) is 11.4 Å². The molecule has 0 radical (unpaired) electrons. The van der Waals surface area contributed by atoms with Crippen LogP contribution >= 0.6 is 11.3 Å². The van der Waals surface area contributed by atoms with E-state index in [1.165, 1.54) is 23.5 Å². The first-order valence-corrected chi connectivity index (χ1v) is 12.7. The van der Waals surface area contributed by atoms with Gasteiger partial charge in [0.25, 0.3) is 5.19 Å². The highest BCUT2D eigenvalue weighted by atomic mass is 32.1. The molecular formula is C25H25F3N6OS. The molecule has 0 saturated carbocycles. The molecule has 5 rings (SSSR count). The number of aryl methyl sites for hydroxylation is 1. The van der Waals surface area contributed by atoms with Gasteiger partial charge in [-0.3, -0.25) is 0 Å². The number of ether oxygens (including phenoxy) is 1. The summed E-state index contributed by atoms with van der Waals surface area (Å²) in [4.78, 5) is 24.5. The standard InChI is InChI=1S/C25H25F3N6OS/c1-3-16-13-29-23(30-14-16)34-11-9-17(10-12-34)15(2)35-24-33-20-8-7-19(32-22(20)36-24)18-5-4-6-21(31-18)25(26,27)28/h4-8,13-15,17H,3,9-12H2,1-2H3/t15-/m0/s1. The molecule has 4 aromatic rings. The zero-order chi connectivity index (χ0) is 25.3. The number of halogens is 3. The van der Waals surface area contributed by atoms with Gasteiger partial charge in [-0.2, -0.15) is 13.2 Å². The van der Waals surface area contributed by atoms with Crippen LogP contribution in [0.3, 0.4) is 0 Å². The van der Waals surface area contributed by atoms with Gasteiger partial charge in [0.1, 0.15) is 22.1 Å². The van der Waals surface area contributed by atoms with Crippen LogP contribution in [-0.2, 0) is 12.6 Å². The van der Waals surface area contributed by atoms with Gasteiger partial charge in [-0.05, 0) is 61.9 Å². The highest BCUT2D eigenvalue weighted by Gasteiger charge is 2.32. The Morgan fingerprint density at radius 3 is 2.44 bits per heavy atom. The van der Waals surface area contributed by atoms with E-state index >= 15 is 0 Å². The van der Waals surface area contributed by atoms with E-state index in [9.17, 15) is 13.2 Å². The smallest absolute Gasteiger partial charge is 0.433 e. The number of hydrogen-bond donors (Lipinski definition) is 0. The van der Waals surface area contributed by atoms with E-state index < -0.39 is 11.9 Å². The van der Waals surface area contributed by atoms with Gasteiger partial charge in [0, 0.05) is 25.5 Å². The average Bonchev–Trinajstić information content (AvgIpc) is 3.30. The van der Waals surface area contributed by atoms with Crippen molar-refractivity contribution in [1.82, 2.24) is 24.9 Å². The highest BCUT2D eigenvalue weighted by molar-refractivity contribution is 7.19. The minimum atomic E-state index is -4.51. The molecule has 0 aliphatic carbocycles. The van der Waals surface area contributed by atoms with Gasteiger partial charge >= 0.3 is 6.18 Å². The van der Waals surface area contributed by atoms with E-state index in [1.807, 2.05) is 19.3 Å². The molecule has 1 aliphatic heterocycles. The molecule has 1 atom stereocenters. The van der Waals surface area contributed by atoms with Crippen LogP contribution < -0.4 is 9.64 Å². The molecule has 0 N–H and O–H groups in total. The van der Waals surface area contributed by atoms with Gasteiger partial charge in [-0.1, -0.05) is 24.3 Å². The number of thiazole rings is 1. The van der Waals surface area contributed by atoms with Crippen LogP contribution in [0.25, 0.3) is 21.7 Å². The summed E-state index contributed by atoms with van der Waals surface area (Å²) in [6.45, 7) is 5.85. The molecule has 5 heterocycles.